The topological polar surface area (TPSA) is 58.4 Å². The van der Waals surface area contributed by atoms with E-state index in [2.05, 4.69) is 31.0 Å². The molecule has 1 aromatic carbocycles. The Labute approximate surface area is 127 Å². The highest BCUT2D eigenvalue weighted by molar-refractivity contribution is 5.94. The summed E-state index contributed by atoms with van der Waals surface area (Å²) >= 11 is 0. The molecule has 4 unspecified atom stereocenters. The maximum atomic E-state index is 12.5. The van der Waals surface area contributed by atoms with Crippen molar-refractivity contribution in [3.63, 3.8) is 0 Å². The Morgan fingerprint density at radius 1 is 1.29 bits per heavy atom. The SMILES string of the molecule is CC1CC(C)C(C)N(C(C)C(=O)Nc2ccc(N)cc2)C1. The third-order valence-electron chi connectivity index (χ3n) is 4.70. The average Bonchev–Trinajstić information content (AvgIpc) is 2.44. The van der Waals surface area contributed by atoms with E-state index in [0.717, 1.165) is 12.2 Å². The second-order valence-electron chi connectivity index (χ2n) is 6.54. The normalized spacial score (nSPS) is 28.1. The van der Waals surface area contributed by atoms with Crippen molar-refractivity contribution in [1.82, 2.24) is 4.90 Å². The quantitative estimate of drug-likeness (QED) is 0.841. The van der Waals surface area contributed by atoms with Gasteiger partial charge in [0.15, 0.2) is 0 Å². The lowest BCUT2D eigenvalue weighted by molar-refractivity contribution is -0.123. The number of hydrogen-bond donors (Lipinski definition) is 2. The summed E-state index contributed by atoms with van der Waals surface area (Å²) in [4.78, 5) is 14.8. The molecule has 0 aliphatic carbocycles. The van der Waals surface area contributed by atoms with E-state index in [1.165, 1.54) is 6.42 Å². The average molecular weight is 289 g/mol. The summed E-state index contributed by atoms with van der Waals surface area (Å²) in [5.41, 5.74) is 7.16. The summed E-state index contributed by atoms with van der Waals surface area (Å²) in [5, 5.41) is 2.98. The first-order chi connectivity index (χ1) is 9.88. The van der Waals surface area contributed by atoms with Crippen LogP contribution in [-0.2, 0) is 4.79 Å². The van der Waals surface area contributed by atoms with Gasteiger partial charge in [-0.1, -0.05) is 13.8 Å². The number of rotatable bonds is 3. The highest BCUT2D eigenvalue weighted by Gasteiger charge is 2.34. The van der Waals surface area contributed by atoms with Crippen LogP contribution in [-0.4, -0.2) is 29.4 Å². The standard InChI is InChI=1S/C17H27N3O/c1-11-9-12(2)13(3)20(10-11)14(4)17(21)19-16-7-5-15(18)6-8-16/h5-8,11-14H,9-10,18H2,1-4H3,(H,19,21). The third kappa shape index (κ3) is 3.76. The number of carbonyl (C=O) groups is 1. The van der Waals surface area contributed by atoms with E-state index in [1.807, 2.05) is 19.1 Å². The largest absolute Gasteiger partial charge is 0.399 e. The fourth-order valence-corrected chi connectivity index (χ4v) is 3.23. The van der Waals surface area contributed by atoms with Crippen LogP contribution in [0.1, 0.15) is 34.1 Å². The second kappa shape index (κ2) is 6.48. The Balaban J connectivity index is 2.02. The van der Waals surface area contributed by atoms with Crippen LogP contribution < -0.4 is 11.1 Å². The van der Waals surface area contributed by atoms with Crippen molar-refractivity contribution in [2.45, 2.75) is 46.2 Å². The van der Waals surface area contributed by atoms with E-state index >= 15 is 0 Å². The molecule has 1 aromatic rings. The number of amides is 1. The summed E-state index contributed by atoms with van der Waals surface area (Å²) in [7, 11) is 0. The molecule has 4 nitrogen and oxygen atoms in total. The maximum Gasteiger partial charge on any atom is 0.241 e. The Bertz CT molecular complexity index is 485. The molecule has 1 amide bonds. The molecule has 0 spiro atoms. The Morgan fingerprint density at radius 3 is 2.52 bits per heavy atom. The summed E-state index contributed by atoms with van der Waals surface area (Å²) in [6.07, 6.45) is 1.24. The molecule has 0 bridgehead atoms. The molecule has 4 atom stereocenters. The minimum absolute atomic E-state index is 0.0490. The highest BCUT2D eigenvalue weighted by Crippen LogP contribution is 2.28. The van der Waals surface area contributed by atoms with Crippen molar-refractivity contribution in [3.8, 4) is 0 Å². The summed E-state index contributed by atoms with van der Waals surface area (Å²) in [5.74, 6) is 1.32. The highest BCUT2D eigenvalue weighted by atomic mass is 16.2. The van der Waals surface area contributed by atoms with Gasteiger partial charge in [-0.2, -0.15) is 0 Å². The van der Waals surface area contributed by atoms with Crippen molar-refractivity contribution >= 4 is 17.3 Å². The summed E-state index contributed by atoms with van der Waals surface area (Å²) in [6, 6.07) is 7.59. The number of piperidine rings is 1. The number of nitrogen functional groups attached to an aromatic ring is 1. The van der Waals surface area contributed by atoms with Gasteiger partial charge in [0.2, 0.25) is 5.91 Å². The minimum atomic E-state index is -0.122. The molecule has 0 saturated carbocycles. The first-order valence-electron chi connectivity index (χ1n) is 7.80. The molecular weight excluding hydrogens is 262 g/mol. The predicted molar refractivity (Wildman–Crippen MR) is 88.1 cm³/mol. The molecule has 1 heterocycles. The molecule has 0 aromatic heterocycles. The van der Waals surface area contributed by atoms with Gasteiger partial charge in [0.05, 0.1) is 6.04 Å². The summed E-state index contributed by atoms with van der Waals surface area (Å²) in [6.45, 7) is 9.75. The second-order valence-corrected chi connectivity index (χ2v) is 6.54. The molecule has 21 heavy (non-hydrogen) atoms. The van der Waals surface area contributed by atoms with Crippen molar-refractivity contribution in [2.24, 2.45) is 11.8 Å². The van der Waals surface area contributed by atoms with Gasteiger partial charge in [0.1, 0.15) is 0 Å². The van der Waals surface area contributed by atoms with Crippen molar-refractivity contribution in [1.29, 1.82) is 0 Å². The molecular formula is C17H27N3O. The molecule has 1 aliphatic rings. The van der Waals surface area contributed by atoms with Crippen molar-refractivity contribution in [2.75, 3.05) is 17.6 Å². The van der Waals surface area contributed by atoms with E-state index in [-0.39, 0.29) is 11.9 Å². The Hall–Kier alpha value is -1.55. The molecule has 1 aliphatic heterocycles. The first-order valence-corrected chi connectivity index (χ1v) is 7.80. The van der Waals surface area contributed by atoms with Crippen LogP contribution >= 0.6 is 0 Å². The number of nitrogens with zero attached hydrogens (tertiary/aromatic N) is 1. The Kier molecular flexibility index (Phi) is 4.88. The molecule has 3 N–H and O–H groups in total. The predicted octanol–water partition coefficient (Wildman–Crippen LogP) is 2.96. The van der Waals surface area contributed by atoms with E-state index in [0.29, 0.717) is 23.6 Å². The van der Waals surface area contributed by atoms with Gasteiger partial charge in [-0.15, -0.1) is 0 Å². The van der Waals surface area contributed by atoms with Gasteiger partial charge in [-0.25, -0.2) is 0 Å². The summed E-state index contributed by atoms with van der Waals surface area (Å²) < 4.78 is 0. The van der Waals surface area contributed by atoms with Gasteiger partial charge in [-0.3, -0.25) is 9.69 Å². The minimum Gasteiger partial charge on any atom is -0.399 e. The number of anilines is 2. The van der Waals surface area contributed by atoms with Crippen molar-refractivity contribution < 1.29 is 4.79 Å². The fourth-order valence-electron chi connectivity index (χ4n) is 3.23. The molecule has 1 saturated heterocycles. The van der Waals surface area contributed by atoms with E-state index < -0.39 is 0 Å². The number of benzene rings is 1. The van der Waals surface area contributed by atoms with Gasteiger partial charge >= 0.3 is 0 Å². The Morgan fingerprint density at radius 2 is 1.90 bits per heavy atom. The van der Waals surface area contributed by atoms with E-state index in [1.54, 1.807) is 12.1 Å². The van der Waals surface area contributed by atoms with Crippen LogP contribution in [0.3, 0.4) is 0 Å². The van der Waals surface area contributed by atoms with Gasteiger partial charge in [0.25, 0.3) is 0 Å². The molecule has 1 fully saturated rings. The number of nitrogens with two attached hydrogens (primary N) is 1. The van der Waals surface area contributed by atoms with Crippen LogP contribution in [0, 0.1) is 11.8 Å². The van der Waals surface area contributed by atoms with Crippen LogP contribution in [0.5, 0.6) is 0 Å². The zero-order chi connectivity index (χ0) is 15.6. The molecule has 116 valence electrons. The van der Waals surface area contributed by atoms with Crippen LogP contribution in [0.2, 0.25) is 0 Å². The van der Waals surface area contributed by atoms with Crippen molar-refractivity contribution in [3.05, 3.63) is 24.3 Å². The van der Waals surface area contributed by atoms with Gasteiger partial charge in [0, 0.05) is 24.0 Å². The lowest BCUT2D eigenvalue weighted by Gasteiger charge is -2.43. The lowest BCUT2D eigenvalue weighted by atomic mass is 9.85. The lowest BCUT2D eigenvalue weighted by Crippen LogP contribution is -2.53. The number of carbonyl (C=O) groups excluding carboxylic acids is 1. The number of hydrogen-bond acceptors (Lipinski definition) is 3. The fraction of sp³-hybridized carbons (Fsp3) is 0.588. The molecule has 0 radical (unpaired) electrons. The van der Waals surface area contributed by atoms with Gasteiger partial charge < -0.3 is 11.1 Å². The smallest absolute Gasteiger partial charge is 0.241 e. The molecule has 4 heteroatoms. The van der Waals surface area contributed by atoms with Crippen LogP contribution in [0.25, 0.3) is 0 Å². The van der Waals surface area contributed by atoms with Gasteiger partial charge in [-0.05, 0) is 56.4 Å². The van der Waals surface area contributed by atoms with E-state index in [4.69, 9.17) is 5.73 Å². The zero-order valence-corrected chi connectivity index (χ0v) is 13.5. The number of likely N-dealkylation sites (tertiary alicyclic amines) is 1. The maximum absolute atomic E-state index is 12.5. The van der Waals surface area contributed by atoms with E-state index in [9.17, 15) is 4.79 Å². The first kappa shape index (κ1) is 15.8. The monoisotopic (exact) mass is 289 g/mol. The molecule has 2 rings (SSSR count). The number of nitrogens with one attached hydrogen (secondary N) is 1. The zero-order valence-electron chi connectivity index (χ0n) is 13.5. The third-order valence-corrected chi connectivity index (χ3v) is 4.70. The van der Waals surface area contributed by atoms with Crippen LogP contribution in [0.4, 0.5) is 11.4 Å². The van der Waals surface area contributed by atoms with Crippen LogP contribution in [0.15, 0.2) is 24.3 Å².